The molecular weight excluding hydrogens is 200 g/mol. The normalized spacial score (nSPS) is 27.8. The maximum Gasteiger partial charge on any atom is 0.223 e. The van der Waals surface area contributed by atoms with Gasteiger partial charge in [-0.1, -0.05) is 24.3 Å². The number of hydrogen-bond acceptors (Lipinski definition) is 2. The van der Waals surface area contributed by atoms with Crippen LogP contribution in [-0.4, -0.2) is 23.9 Å². The van der Waals surface area contributed by atoms with Crippen molar-refractivity contribution in [1.82, 2.24) is 10.2 Å². The maximum absolute atomic E-state index is 11.8. The highest BCUT2D eigenvalue weighted by atomic mass is 16.2. The number of hydrogen-bond donors (Lipinski definition) is 1. The highest BCUT2D eigenvalue weighted by Crippen LogP contribution is 2.37. The molecule has 1 fully saturated rings. The molecule has 0 saturated carbocycles. The van der Waals surface area contributed by atoms with Gasteiger partial charge in [0.2, 0.25) is 5.91 Å². The number of carbonyl (C=O) groups excluding carboxylic acids is 1. The highest BCUT2D eigenvalue weighted by molar-refractivity contribution is 5.79. The number of likely N-dealkylation sites (N-methyl/N-ethyl adjacent to an activating group) is 1. The molecule has 2 aliphatic heterocycles. The summed E-state index contributed by atoms with van der Waals surface area (Å²) in [6, 6.07) is 9.09. The minimum Gasteiger partial charge on any atom is -0.333 e. The third-order valence-corrected chi connectivity index (χ3v) is 3.80. The third-order valence-electron chi connectivity index (χ3n) is 3.80. The van der Waals surface area contributed by atoms with Crippen LogP contribution < -0.4 is 5.32 Å². The largest absolute Gasteiger partial charge is 0.333 e. The summed E-state index contributed by atoms with van der Waals surface area (Å²) in [5.74, 6) is 0.305. The second kappa shape index (κ2) is 3.59. The lowest BCUT2D eigenvalue weighted by atomic mass is 9.89. The quantitative estimate of drug-likeness (QED) is 0.770. The van der Waals surface area contributed by atoms with Crippen LogP contribution in [0.1, 0.15) is 30.0 Å². The smallest absolute Gasteiger partial charge is 0.223 e. The van der Waals surface area contributed by atoms with Crippen molar-refractivity contribution >= 4 is 5.91 Å². The molecule has 1 aromatic carbocycles. The fraction of sp³-hybridized carbons (Fsp3) is 0.462. The third kappa shape index (κ3) is 1.28. The minimum atomic E-state index is 0.302. The van der Waals surface area contributed by atoms with E-state index in [9.17, 15) is 4.79 Å². The van der Waals surface area contributed by atoms with Gasteiger partial charge in [-0.25, -0.2) is 0 Å². The maximum atomic E-state index is 11.8. The Hall–Kier alpha value is -1.35. The first kappa shape index (κ1) is 9.85. The molecule has 0 radical (unpaired) electrons. The van der Waals surface area contributed by atoms with Crippen molar-refractivity contribution in [2.24, 2.45) is 0 Å². The Morgan fingerprint density at radius 3 is 3.00 bits per heavy atom. The van der Waals surface area contributed by atoms with E-state index < -0.39 is 0 Å². The fourth-order valence-electron chi connectivity index (χ4n) is 3.03. The summed E-state index contributed by atoms with van der Waals surface area (Å²) in [5.41, 5.74) is 2.65. The number of carbonyl (C=O) groups is 1. The van der Waals surface area contributed by atoms with Crippen molar-refractivity contribution < 1.29 is 4.79 Å². The van der Waals surface area contributed by atoms with E-state index in [1.807, 2.05) is 18.0 Å². The summed E-state index contributed by atoms with van der Waals surface area (Å²) in [4.78, 5) is 13.8. The summed E-state index contributed by atoms with van der Waals surface area (Å²) in [6.07, 6.45) is 1.69. The zero-order chi connectivity index (χ0) is 11.1. The molecule has 3 heteroatoms. The van der Waals surface area contributed by atoms with Crippen molar-refractivity contribution in [2.45, 2.75) is 31.5 Å². The summed E-state index contributed by atoms with van der Waals surface area (Å²) in [5, 5.41) is 3.36. The second-order valence-electron chi connectivity index (χ2n) is 4.59. The molecule has 2 heterocycles. The van der Waals surface area contributed by atoms with Gasteiger partial charge < -0.3 is 10.2 Å². The average Bonchev–Trinajstić information content (AvgIpc) is 2.68. The molecule has 84 valence electrons. The lowest BCUT2D eigenvalue weighted by Gasteiger charge is -2.38. The molecular formula is C13H16N2O. The van der Waals surface area contributed by atoms with Crippen LogP contribution in [0.15, 0.2) is 24.3 Å². The lowest BCUT2D eigenvalue weighted by Crippen LogP contribution is -2.45. The van der Waals surface area contributed by atoms with Crippen molar-refractivity contribution in [3.8, 4) is 0 Å². The molecule has 1 saturated heterocycles. The molecule has 0 aromatic heterocycles. The van der Waals surface area contributed by atoms with Crippen LogP contribution in [0.5, 0.6) is 0 Å². The van der Waals surface area contributed by atoms with Gasteiger partial charge in [0.1, 0.15) is 0 Å². The molecule has 1 amide bonds. The Labute approximate surface area is 95.4 Å². The van der Waals surface area contributed by atoms with Crippen molar-refractivity contribution in [3.63, 3.8) is 0 Å². The number of benzene rings is 1. The highest BCUT2D eigenvalue weighted by Gasteiger charge is 2.40. The molecule has 0 unspecified atom stereocenters. The van der Waals surface area contributed by atoms with Crippen LogP contribution in [0, 0.1) is 0 Å². The van der Waals surface area contributed by atoms with Crippen LogP contribution >= 0.6 is 0 Å². The molecule has 3 rings (SSSR count). The minimum absolute atomic E-state index is 0.302. The molecule has 3 nitrogen and oxygen atoms in total. The Balaban J connectivity index is 2.06. The topological polar surface area (TPSA) is 32.3 Å². The number of fused-ring (bicyclic) bond motifs is 2. The van der Waals surface area contributed by atoms with Crippen LogP contribution in [0.4, 0.5) is 0 Å². The predicted molar refractivity (Wildman–Crippen MR) is 61.8 cm³/mol. The lowest BCUT2D eigenvalue weighted by molar-refractivity contribution is -0.130. The van der Waals surface area contributed by atoms with Crippen molar-refractivity contribution in [2.75, 3.05) is 7.05 Å². The van der Waals surface area contributed by atoms with E-state index in [-0.39, 0.29) is 0 Å². The van der Waals surface area contributed by atoms with Crippen LogP contribution in [-0.2, 0) is 11.3 Å². The Morgan fingerprint density at radius 2 is 2.19 bits per heavy atom. The van der Waals surface area contributed by atoms with E-state index >= 15 is 0 Å². The number of amides is 1. The molecule has 0 spiro atoms. The number of rotatable bonds is 1. The van der Waals surface area contributed by atoms with Crippen molar-refractivity contribution in [3.05, 3.63) is 35.4 Å². The van der Waals surface area contributed by atoms with E-state index in [4.69, 9.17) is 0 Å². The molecule has 1 N–H and O–H groups in total. The van der Waals surface area contributed by atoms with E-state index in [1.54, 1.807) is 0 Å². The molecule has 16 heavy (non-hydrogen) atoms. The Bertz CT molecular complexity index is 430. The first-order chi connectivity index (χ1) is 7.81. The predicted octanol–water partition coefficient (Wildman–Crippen LogP) is 1.45. The molecule has 0 aliphatic carbocycles. The van der Waals surface area contributed by atoms with E-state index in [0.29, 0.717) is 24.4 Å². The van der Waals surface area contributed by atoms with Gasteiger partial charge in [-0.05, 0) is 24.6 Å². The zero-order valence-electron chi connectivity index (χ0n) is 9.44. The fourth-order valence-corrected chi connectivity index (χ4v) is 3.03. The average molecular weight is 216 g/mol. The first-order valence-electron chi connectivity index (χ1n) is 5.86. The van der Waals surface area contributed by atoms with Gasteiger partial charge in [0, 0.05) is 13.0 Å². The Kier molecular flexibility index (Phi) is 2.21. The van der Waals surface area contributed by atoms with E-state index in [1.165, 1.54) is 11.1 Å². The SMILES string of the molecule is CN[C@H]1c2ccccc2CN2C(=O)CC[C@H]12. The summed E-state index contributed by atoms with van der Waals surface area (Å²) in [6.45, 7) is 0.790. The van der Waals surface area contributed by atoms with Gasteiger partial charge in [0.25, 0.3) is 0 Å². The molecule has 2 atom stereocenters. The Morgan fingerprint density at radius 1 is 1.38 bits per heavy atom. The van der Waals surface area contributed by atoms with E-state index in [2.05, 4.69) is 23.5 Å². The first-order valence-corrected chi connectivity index (χ1v) is 5.86. The molecule has 0 bridgehead atoms. The van der Waals surface area contributed by atoms with Gasteiger partial charge >= 0.3 is 0 Å². The van der Waals surface area contributed by atoms with Crippen molar-refractivity contribution in [1.29, 1.82) is 0 Å². The molecule has 1 aromatic rings. The summed E-state index contributed by atoms with van der Waals surface area (Å²) in [7, 11) is 1.98. The summed E-state index contributed by atoms with van der Waals surface area (Å²) >= 11 is 0. The van der Waals surface area contributed by atoms with Gasteiger partial charge in [-0.3, -0.25) is 4.79 Å². The standard InChI is InChI=1S/C13H16N2O/c1-14-13-10-5-3-2-4-9(10)8-15-11(13)6-7-12(15)16/h2-5,11,13-14H,6-8H2,1H3/t11-,13+/m1/s1. The summed E-state index contributed by atoms with van der Waals surface area (Å²) < 4.78 is 0. The van der Waals surface area contributed by atoms with Gasteiger partial charge in [-0.2, -0.15) is 0 Å². The van der Waals surface area contributed by atoms with Gasteiger partial charge in [-0.15, -0.1) is 0 Å². The monoisotopic (exact) mass is 216 g/mol. The molecule has 2 aliphatic rings. The van der Waals surface area contributed by atoms with Gasteiger partial charge in [0.05, 0.1) is 12.1 Å². The number of nitrogens with one attached hydrogen (secondary N) is 1. The van der Waals surface area contributed by atoms with Crippen LogP contribution in [0.25, 0.3) is 0 Å². The zero-order valence-corrected chi connectivity index (χ0v) is 9.44. The van der Waals surface area contributed by atoms with Crippen LogP contribution in [0.3, 0.4) is 0 Å². The second-order valence-corrected chi connectivity index (χ2v) is 4.59. The van der Waals surface area contributed by atoms with E-state index in [0.717, 1.165) is 13.0 Å². The number of nitrogens with zero attached hydrogens (tertiary/aromatic N) is 1. The van der Waals surface area contributed by atoms with Gasteiger partial charge in [0.15, 0.2) is 0 Å². The van der Waals surface area contributed by atoms with Crippen LogP contribution in [0.2, 0.25) is 0 Å².